The van der Waals surface area contributed by atoms with E-state index in [9.17, 15) is 9.59 Å². The number of hydrogen-bond acceptors (Lipinski definition) is 5. The first-order valence-electron chi connectivity index (χ1n) is 13.2. The SMILES string of the molecule is COc1c2c(cc3c1[C@H](c1ccccc1)[C@H]1C(=O)N4C[C@H](Cc5ccccc5)N(C(C)=O)C[C@@H]4[C@@H]31)OCO2. The molecular formula is C31H30N2O5. The van der Waals surface area contributed by atoms with Gasteiger partial charge in [0, 0.05) is 37.4 Å². The monoisotopic (exact) mass is 510 g/mol. The van der Waals surface area contributed by atoms with Crippen molar-refractivity contribution in [2.45, 2.75) is 37.3 Å². The first-order valence-corrected chi connectivity index (χ1v) is 13.2. The van der Waals surface area contributed by atoms with Gasteiger partial charge in [0.25, 0.3) is 0 Å². The van der Waals surface area contributed by atoms with Gasteiger partial charge in [-0.3, -0.25) is 9.59 Å². The number of hydrogen-bond donors (Lipinski definition) is 0. The van der Waals surface area contributed by atoms with Crippen molar-refractivity contribution in [2.24, 2.45) is 5.92 Å². The number of rotatable bonds is 4. The van der Waals surface area contributed by atoms with E-state index in [1.807, 2.05) is 47.4 Å². The van der Waals surface area contributed by atoms with E-state index in [0.29, 0.717) is 30.3 Å². The number of benzene rings is 3. The van der Waals surface area contributed by atoms with Gasteiger partial charge in [-0.1, -0.05) is 60.7 Å². The fourth-order valence-electron chi connectivity index (χ4n) is 7.31. The second-order valence-electron chi connectivity index (χ2n) is 10.7. The van der Waals surface area contributed by atoms with Crippen LogP contribution in [0.2, 0.25) is 0 Å². The number of ether oxygens (including phenoxy) is 3. The number of piperazine rings is 1. The van der Waals surface area contributed by atoms with Gasteiger partial charge in [-0.25, -0.2) is 0 Å². The van der Waals surface area contributed by atoms with Gasteiger partial charge in [-0.2, -0.15) is 0 Å². The average Bonchev–Trinajstić information content (AvgIpc) is 3.61. The molecule has 3 aliphatic heterocycles. The molecule has 7 rings (SSSR count). The number of carbonyl (C=O) groups is 2. The molecule has 1 aliphatic carbocycles. The Morgan fingerprint density at radius 2 is 1.74 bits per heavy atom. The first-order chi connectivity index (χ1) is 18.6. The Balaban J connectivity index is 1.34. The number of fused-ring (bicyclic) bond motifs is 6. The van der Waals surface area contributed by atoms with Gasteiger partial charge >= 0.3 is 0 Å². The van der Waals surface area contributed by atoms with Crippen molar-refractivity contribution >= 4 is 11.8 Å². The van der Waals surface area contributed by atoms with E-state index in [2.05, 4.69) is 29.2 Å². The highest BCUT2D eigenvalue weighted by atomic mass is 16.7. The third kappa shape index (κ3) is 3.34. The highest BCUT2D eigenvalue weighted by Gasteiger charge is 2.60. The summed E-state index contributed by atoms with van der Waals surface area (Å²) in [7, 11) is 1.65. The summed E-state index contributed by atoms with van der Waals surface area (Å²) >= 11 is 0. The molecule has 0 aromatic heterocycles. The zero-order valence-corrected chi connectivity index (χ0v) is 21.5. The van der Waals surface area contributed by atoms with Crippen LogP contribution in [0, 0.1) is 5.92 Å². The second kappa shape index (κ2) is 8.79. The Labute approximate surface area is 221 Å². The molecule has 0 saturated carbocycles. The quantitative estimate of drug-likeness (QED) is 0.532. The molecule has 0 unspecified atom stereocenters. The maximum absolute atomic E-state index is 14.3. The molecule has 0 N–H and O–H groups in total. The van der Waals surface area contributed by atoms with E-state index in [0.717, 1.165) is 23.1 Å². The van der Waals surface area contributed by atoms with Crippen molar-refractivity contribution < 1.29 is 23.8 Å². The molecule has 3 aromatic carbocycles. The number of carbonyl (C=O) groups excluding carboxylic acids is 2. The van der Waals surface area contributed by atoms with Gasteiger partial charge in [0.1, 0.15) is 0 Å². The topological polar surface area (TPSA) is 68.3 Å². The van der Waals surface area contributed by atoms with Crippen LogP contribution in [0.5, 0.6) is 17.2 Å². The minimum absolute atomic E-state index is 0.0441. The Kier molecular flexibility index (Phi) is 5.35. The minimum atomic E-state index is -0.280. The smallest absolute Gasteiger partial charge is 0.231 e. The summed E-state index contributed by atoms with van der Waals surface area (Å²) in [5.41, 5.74) is 4.32. The van der Waals surface area contributed by atoms with Crippen LogP contribution in [0.15, 0.2) is 66.7 Å². The summed E-state index contributed by atoms with van der Waals surface area (Å²) < 4.78 is 17.5. The molecule has 0 bridgehead atoms. The molecule has 7 heteroatoms. The third-order valence-electron chi connectivity index (χ3n) is 8.80. The van der Waals surface area contributed by atoms with Crippen LogP contribution < -0.4 is 14.2 Å². The fourth-order valence-corrected chi connectivity index (χ4v) is 7.31. The molecule has 0 spiro atoms. The van der Waals surface area contributed by atoms with Gasteiger partial charge in [0.05, 0.1) is 25.1 Å². The van der Waals surface area contributed by atoms with Gasteiger partial charge in [0.2, 0.25) is 24.4 Å². The van der Waals surface area contributed by atoms with Gasteiger partial charge in [-0.05, 0) is 29.2 Å². The fraction of sp³-hybridized carbons (Fsp3) is 0.355. The van der Waals surface area contributed by atoms with Crippen molar-refractivity contribution in [3.63, 3.8) is 0 Å². The predicted octanol–water partition coefficient (Wildman–Crippen LogP) is 3.95. The van der Waals surface area contributed by atoms with Crippen molar-refractivity contribution in [1.29, 1.82) is 0 Å². The number of amides is 2. The molecule has 0 radical (unpaired) electrons. The Morgan fingerprint density at radius 1 is 1.00 bits per heavy atom. The van der Waals surface area contributed by atoms with Crippen molar-refractivity contribution in [3.05, 3.63) is 89.0 Å². The Hall–Kier alpha value is -4.00. The highest BCUT2D eigenvalue weighted by molar-refractivity contribution is 5.89. The third-order valence-corrected chi connectivity index (χ3v) is 8.80. The average molecular weight is 511 g/mol. The van der Waals surface area contributed by atoms with Crippen molar-refractivity contribution in [3.8, 4) is 17.2 Å². The van der Waals surface area contributed by atoms with Crippen LogP contribution in [0.3, 0.4) is 0 Å². The predicted molar refractivity (Wildman–Crippen MR) is 140 cm³/mol. The van der Waals surface area contributed by atoms with E-state index in [1.54, 1.807) is 14.0 Å². The minimum Gasteiger partial charge on any atom is -0.492 e. The Morgan fingerprint density at radius 3 is 2.45 bits per heavy atom. The van der Waals surface area contributed by atoms with Crippen molar-refractivity contribution in [1.82, 2.24) is 9.80 Å². The van der Waals surface area contributed by atoms with E-state index in [4.69, 9.17) is 14.2 Å². The van der Waals surface area contributed by atoms with E-state index in [-0.39, 0.29) is 48.4 Å². The molecule has 2 amide bonds. The van der Waals surface area contributed by atoms with E-state index >= 15 is 0 Å². The molecule has 7 nitrogen and oxygen atoms in total. The summed E-state index contributed by atoms with van der Waals surface area (Å²) in [6.07, 6.45) is 0.720. The first kappa shape index (κ1) is 23.1. The molecule has 2 fully saturated rings. The molecule has 194 valence electrons. The summed E-state index contributed by atoms with van der Waals surface area (Å²) in [6, 6.07) is 22.3. The Bertz CT molecular complexity index is 1410. The van der Waals surface area contributed by atoms with Gasteiger partial charge in [-0.15, -0.1) is 0 Å². The van der Waals surface area contributed by atoms with E-state index in [1.165, 1.54) is 5.56 Å². The van der Waals surface area contributed by atoms with Gasteiger partial charge < -0.3 is 24.0 Å². The zero-order valence-electron chi connectivity index (χ0n) is 21.5. The standard InChI is InChI=1S/C31H30N2O5/c1-18(34)32-16-23-26-22-14-24-29(38-17-37-24)30(36-2)27(22)25(20-11-7-4-8-12-20)28(26)31(35)33(23)15-21(32)13-19-9-5-3-6-10-19/h3-12,14,21,23,25-26,28H,13,15-17H2,1-2H3/t21-,23+,25-,26+,28+/m0/s1. The molecule has 2 saturated heterocycles. The van der Waals surface area contributed by atoms with E-state index < -0.39 is 0 Å². The highest BCUT2D eigenvalue weighted by Crippen LogP contribution is 2.62. The maximum atomic E-state index is 14.3. The molecular weight excluding hydrogens is 480 g/mol. The zero-order chi connectivity index (χ0) is 26.0. The molecule has 5 atom stereocenters. The summed E-state index contributed by atoms with van der Waals surface area (Å²) in [5.74, 6) is 1.58. The normalized spacial score (nSPS) is 26.7. The van der Waals surface area contributed by atoms with Gasteiger partial charge in [0.15, 0.2) is 11.5 Å². The lowest BCUT2D eigenvalue weighted by Crippen LogP contribution is -2.59. The van der Waals surface area contributed by atoms with Crippen molar-refractivity contribution in [2.75, 3.05) is 27.0 Å². The lowest BCUT2D eigenvalue weighted by Gasteiger charge is -2.45. The van der Waals surface area contributed by atoms with Crippen LogP contribution in [0.1, 0.15) is 41.0 Å². The summed E-state index contributed by atoms with van der Waals surface area (Å²) in [5, 5.41) is 0. The summed E-state index contributed by atoms with van der Waals surface area (Å²) in [6.45, 7) is 2.83. The molecule has 3 aromatic rings. The van der Waals surface area contributed by atoms with Crippen LogP contribution in [0.4, 0.5) is 0 Å². The molecule has 4 aliphatic rings. The second-order valence-corrected chi connectivity index (χ2v) is 10.7. The molecule has 3 heterocycles. The maximum Gasteiger partial charge on any atom is 0.231 e. The number of methoxy groups -OCH3 is 1. The molecule has 38 heavy (non-hydrogen) atoms. The lowest BCUT2D eigenvalue weighted by atomic mass is 9.82. The number of nitrogens with zero attached hydrogens (tertiary/aromatic N) is 2. The van der Waals surface area contributed by atoms with Crippen LogP contribution >= 0.6 is 0 Å². The van der Waals surface area contributed by atoms with Crippen LogP contribution in [-0.4, -0.2) is 60.7 Å². The van der Waals surface area contributed by atoms with Crippen LogP contribution in [-0.2, 0) is 16.0 Å². The summed E-state index contributed by atoms with van der Waals surface area (Å²) in [4.78, 5) is 31.3. The largest absolute Gasteiger partial charge is 0.492 e. The lowest BCUT2D eigenvalue weighted by molar-refractivity contribution is -0.142. The van der Waals surface area contributed by atoms with Crippen LogP contribution in [0.25, 0.3) is 0 Å².